The Labute approximate surface area is 82.3 Å². The van der Waals surface area contributed by atoms with Gasteiger partial charge in [-0.15, -0.1) is 0 Å². The first-order chi connectivity index (χ1) is 6.43. The van der Waals surface area contributed by atoms with E-state index in [4.69, 9.17) is 22.4 Å². The molecule has 0 aliphatic carbocycles. The van der Waals surface area contributed by atoms with Gasteiger partial charge in [0.1, 0.15) is 5.82 Å². The van der Waals surface area contributed by atoms with Crippen LogP contribution in [0, 0.1) is 0 Å². The van der Waals surface area contributed by atoms with Gasteiger partial charge < -0.3 is 10.8 Å². The Kier molecular flexibility index (Phi) is 2.85. The third-order valence-electron chi connectivity index (χ3n) is 1.46. The predicted octanol–water partition coefficient (Wildman–Crippen LogP) is 1.69. The molecule has 0 aliphatic rings. The SMILES string of the molecule is Nc1cc(C(=O)Cl)c(O)c(C(F)F)n1. The quantitative estimate of drug-likeness (QED) is 0.747. The molecule has 1 heterocycles. The number of nitrogen functional groups attached to an aromatic ring is 1. The number of nitrogens with zero attached hydrogens (tertiary/aromatic N) is 1. The molecule has 1 aromatic heterocycles. The van der Waals surface area contributed by atoms with Crippen molar-refractivity contribution in [3.63, 3.8) is 0 Å². The normalized spacial score (nSPS) is 10.6. The number of carbonyl (C=O) groups excluding carboxylic acids is 1. The van der Waals surface area contributed by atoms with Crippen LogP contribution in [0.5, 0.6) is 5.75 Å². The number of nitrogens with two attached hydrogens (primary N) is 1. The van der Waals surface area contributed by atoms with Crippen LogP contribution in [0.1, 0.15) is 22.5 Å². The Hall–Kier alpha value is -1.43. The molecule has 0 saturated heterocycles. The van der Waals surface area contributed by atoms with Crippen molar-refractivity contribution in [3.8, 4) is 5.75 Å². The first kappa shape index (κ1) is 10.6. The minimum atomic E-state index is -3.02. The number of rotatable bonds is 2. The zero-order valence-corrected chi connectivity index (χ0v) is 7.42. The van der Waals surface area contributed by atoms with Crippen LogP contribution in [-0.4, -0.2) is 15.3 Å². The maximum Gasteiger partial charge on any atom is 0.284 e. The smallest absolute Gasteiger partial charge is 0.284 e. The van der Waals surface area contributed by atoms with E-state index in [0.717, 1.165) is 6.07 Å². The van der Waals surface area contributed by atoms with Crippen LogP contribution in [0.3, 0.4) is 0 Å². The molecule has 1 aromatic rings. The van der Waals surface area contributed by atoms with Gasteiger partial charge in [-0.1, -0.05) is 0 Å². The van der Waals surface area contributed by atoms with Gasteiger partial charge in [0.05, 0.1) is 5.56 Å². The molecule has 0 amide bonds. The number of alkyl halides is 2. The lowest BCUT2D eigenvalue weighted by Gasteiger charge is -2.06. The van der Waals surface area contributed by atoms with Crippen molar-refractivity contribution >= 4 is 22.7 Å². The fraction of sp³-hybridized carbons (Fsp3) is 0.143. The molecule has 3 N–H and O–H groups in total. The monoisotopic (exact) mass is 222 g/mol. The first-order valence-electron chi connectivity index (χ1n) is 3.41. The second kappa shape index (κ2) is 3.75. The van der Waals surface area contributed by atoms with Crippen LogP contribution in [0.2, 0.25) is 0 Å². The Bertz CT molecular complexity index is 384. The van der Waals surface area contributed by atoms with Gasteiger partial charge in [0, 0.05) is 0 Å². The number of hydrogen-bond donors (Lipinski definition) is 2. The second-order valence-electron chi connectivity index (χ2n) is 2.40. The molecule has 0 bridgehead atoms. The molecule has 76 valence electrons. The molecule has 1 rings (SSSR count). The summed E-state index contributed by atoms with van der Waals surface area (Å²) in [4.78, 5) is 13.9. The van der Waals surface area contributed by atoms with Crippen molar-refractivity contribution in [2.75, 3.05) is 5.73 Å². The molecule has 0 unspecified atom stereocenters. The maximum atomic E-state index is 12.2. The molecular formula is C7H5ClF2N2O2. The summed E-state index contributed by atoms with van der Waals surface area (Å²) >= 11 is 5.03. The number of hydrogen-bond acceptors (Lipinski definition) is 4. The minimum absolute atomic E-state index is 0.304. The van der Waals surface area contributed by atoms with Gasteiger partial charge in [-0.3, -0.25) is 4.79 Å². The average molecular weight is 223 g/mol. The fourth-order valence-electron chi connectivity index (χ4n) is 0.881. The van der Waals surface area contributed by atoms with Crippen LogP contribution in [0.15, 0.2) is 6.07 Å². The molecule has 7 heteroatoms. The van der Waals surface area contributed by atoms with Crippen molar-refractivity contribution in [2.24, 2.45) is 0 Å². The maximum absolute atomic E-state index is 12.2. The molecule has 14 heavy (non-hydrogen) atoms. The summed E-state index contributed by atoms with van der Waals surface area (Å²) in [7, 11) is 0. The van der Waals surface area contributed by atoms with Gasteiger partial charge in [-0.25, -0.2) is 13.8 Å². The van der Waals surface area contributed by atoms with E-state index in [1.54, 1.807) is 0 Å². The number of aromatic nitrogens is 1. The molecule has 0 atom stereocenters. The third kappa shape index (κ3) is 1.90. The van der Waals surface area contributed by atoms with Gasteiger partial charge in [-0.05, 0) is 17.7 Å². The summed E-state index contributed by atoms with van der Waals surface area (Å²) in [5.74, 6) is -1.24. The Morgan fingerprint density at radius 1 is 1.64 bits per heavy atom. The summed E-state index contributed by atoms with van der Waals surface area (Å²) < 4.78 is 24.4. The highest BCUT2D eigenvalue weighted by molar-refractivity contribution is 6.68. The number of halogens is 3. The molecule has 0 saturated carbocycles. The van der Waals surface area contributed by atoms with Gasteiger partial charge in [0.25, 0.3) is 11.7 Å². The van der Waals surface area contributed by atoms with Gasteiger partial charge in [0.2, 0.25) is 0 Å². The number of anilines is 1. The van der Waals surface area contributed by atoms with E-state index in [1.807, 2.05) is 0 Å². The summed E-state index contributed by atoms with van der Waals surface area (Å²) in [5.41, 5.74) is 3.71. The van der Waals surface area contributed by atoms with E-state index in [9.17, 15) is 13.6 Å². The van der Waals surface area contributed by atoms with E-state index < -0.39 is 28.7 Å². The minimum Gasteiger partial charge on any atom is -0.505 e. The Morgan fingerprint density at radius 3 is 2.64 bits per heavy atom. The van der Waals surface area contributed by atoms with Crippen molar-refractivity contribution < 1.29 is 18.7 Å². The van der Waals surface area contributed by atoms with Crippen molar-refractivity contribution in [3.05, 3.63) is 17.3 Å². The Morgan fingerprint density at radius 2 is 2.21 bits per heavy atom. The van der Waals surface area contributed by atoms with E-state index in [-0.39, 0.29) is 5.82 Å². The Balaban J connectivity index is 3.40. The van der Waals surface area contributed by atoms with E-state index in [0.29, 0.717) is 0 Å². The molecular weight excluding hydrogens is 218 g/mol. The van der Waals surface area contributed by atoms with Crippen molar-refractivity contribution in [2.45, 2.75) is 6.43 Å². The summed E-state index contributed by atoms with van der Waals surface area (Å²) in [6.07, 6.45) is -3.02. The van der Waals surface area contributed by atoms with Crippen LogP contribution < -0.4 is 5.73 Å². The highest BCUT2D eigenvalue weighted by atomic mass is 35.5. The van der Waals surface area contributed by atoms with Crippen LogP contribution in [0.25, 0.3) is 0 Å². The van der Waals surface area contributed by atoms with E-state index in [2.05, 4.69) is 4.98 Å². The predicted molar refractivity (Wildman–Crippen MR) is 45.5 cm³/mol. The lowest BCUT2D eigenvalue weighted by molar-refractivity contribution is 0.107. The standard InChI is InChI=1S/C7H5ClF2N2O2/c8-6(14)2-1-3(11)12-4(5(2)13)7(9)10/h1,7,13H,(H2,11,12). The second-order valence-corrected chi connectivity index (χ2v) is 2.75. The van der Waals surface area contributed by atoms with Crippen LogP contribution in [0.4, 0.5) is 14.6 Å². The van der Waals surface area contributed by atoms with E-state index >= 15 is 0 Å². The molecule has 0 aromatic carbocycles. The van der Waals surface area contributed by atoms with Gasteiger partial charge >= 0.3 is 0 Å². The highest BCUT2D eigenvalue weighted by Crippen LogP contribution is 2.31. The summed E-state index contributed by atoms with van der Waals surface area (Å²) in [5, 5.41) is 8.08. The van der Waals surface area contributed by atoms with Crippen molar-refractivity contribution in [1.82, 2.24) is 4.98 Å². The number of pyridine rings is 1. The summed E-state index contributed by atoms with van der Waals surface area (Å²) in [6, 6.07) is 0.927. The largest absolute Gasteiger partial charge is 0.505 e. The third-order valence-corrected chi connectivity index (χ3v) is 1.66. The fourth-order valence-corrected chi connectivity index (χ4v) is 1.02. The zero-order chi connectivity index (χ0) is 10.9. The summed E-state index contributed by atoms with van der Waals surface area (Å²) in [6.45, 7) is 0. The lowest BCUT2D eigenvalue weighted by Crippen LogP contribution is -2.02. The number of carbonyl (C=O) groups is 1. The lowest BCUT2D eigenvalue weighted by atomic mass is 10.2. The topological polar surface area (TPSA) is 76.2 Å². The highest BCUT2D eigenvalue weighted by Gasteiger charge is 2.21. The van der Waals surface area contributed by atoms with Gasteiger partial charge in [-0.2, -0.15) is 0 Å². The van der Waals surface area contributed by atoms with Crippen molar-refractivity contribution in [1.29, 1.82) is 0 Å². The van der Waals surface area contributed by atoms with E-state index in [1.165, 1.54) is 0 Å². The molecule has 4 nitrogen and oxygen atoms in total. The van der Waals surface area contributed by atoms with Gasteiger partial charge in [0.15, 0.2) is 11.4 Å². The molecule has 0 spiro atoms. The zero-order valence-electron chi connectivity index (χ0n) is 6.67. The van der Waals surface area contributed by atoms with Crippen LogP contribution in [-0.2, 0) is 0 Å². The average Bonchev–Trinajstić information content (AvgIpc) is 2.07. The molecule has 0 radical (unpaired) electrons. The number of aromatic hydroxyl groups is 1. The first-order valence-corrected chi connectivity index (χ1v) is 3.78. The van der Waals surface area contributed by atoms with Crippen LogP contribution >= 0.6 is 11.6 Å². The molecule has 0 aliphatic heterocycles. The molecule has 0 fully saturated rings.